The van der Waals surface area contributed by atoms with Gasteiger partial charge in [0, 0.05) is 11.4 Å². The Balaban J connectivity index is 1.82. The van der Waals surface area contributed by atoms with Crippen LogP contribution in [-0.4, -0.2) is 23.0 Å². The van der Waals surface area contributed by atoms with Crippen LogP contribution in [0.25, 0.3) is 11.3 Å². The molecule has 2 heterocycles. The minimum absolute atomic E-state index is 0.0456. The molecule has 1 fully saturated rings. The van der Waals surface area contributed by atoms with E-state index in [1.807, 2.05) is 18.2 Å². The summed E-state index contributed by atoms with van der Waals surface area (Å²) in [6.07, 6.45) is 2.53. The van der Waals surface area contributed by atoms with E-state index in [2.05, 4.69) is 28.9 Å². The summed E-state index contributed by atoms with van der Waals surface area (Å²) in [5.41, 5.74) is 2.10. The second-order valence-electron chi connectivity index (χ2n) is 5.64. The van der Waals surface area contributed by atoms with Gasteiger partial charge in [0.05, 0.1) is 5.69 Å². The molecule has 1 aliphatic heterocycles. The van der Waals surface area contributed by atoms with Gasteiger partial charge in [0.15, 0.2) is 0 Å². The summed E-state index contributed by atoms with van der Waals surface area (Å²) in [4.78, 5) is 18.4. The van der Waals surface area contributed by atoms with E-state index in [0.29, 0.717) is 0 Å². The van der Waals surface area contributed by atoms with Crippen molar-refractivity contribution in [1.82, 2.24) is 9.88 Å². The highest BCUT2D eigenvalue weighted by Gasteiger charge is 2.18. The van der Waals surface area contributed by atoms with Crippen LogP contribution in [-0.2, 0) is 6.54 Å². The number of nitrogens with one attached hydrogen (secondary N) is 1. The fourth-order valence-electron chi connectivity index (χ4n) is 2.73. The number of benzene rings is 1. The van der Waals surface area contributed by atoms with Gasteiger partial charge < -0.3 is 4.98 Å². The lowest BCUT2D eigenvalue weighted by molar-refractivity contribution is 0.187. The summed E-state index contributed by atoms with van der Waals surface area (Å²) in [6, 6.07) is 10.1. The van der Waals surface area contributed by atoms with Crippen molar-refractivity contribution in [2.45, 2.75) is 26.3 Å². The first-order chi connectivity index (χ1) is 9.72. The fraction of sp³-hybridized carbons (Fsp3) is 0.438. The molecule has 2 aromatic rings. The van der Waals surface area contributed by atoms with Crippen LogP contribution >= 0.6 is 11.3 Å². The van der Waals surface area contributed by atoms with Crippen LogP contribution in [0.2, 0.25) is 0 Å². The van der Waals surface area contributed by atoms with E-state index < -0.39 is 0 Å². The summed E-state index contributed by atoms with van der Waals surface area (Å²) in [6.45, 7) is 5.49. The summed E-state index contributed by atoms with van der Waals surface area (Å²) >= 11 is 1.35. The van der Waals surface area contributed by atoms with Crippen molar-refractivity contribution in [3.05, 3.63) is 44.9 Å². The standard InChI is InChI=1S/C16H20N2OS/c1-12-7-9-18(10-8-12)11-14-15(17-16(19)20-14)13-5-3-2-4-6-13/h2-6,12H,7-11H2,1H3,(H,17,19). The van der Waals surface area contributed by atoms with Gasteiger partial charge in [-0.25, -0.2) is 0 Å². The molecule has 106 valence electrons. The third kappa shape index (κ3) is 3.02. The van der Waals surface area contributed by atoms with Crippen molar-refractivity contribution in [1.29, 1.82) is 0 Å². The Kier molecular flexibility index (Phi) is 4.03. The van der Waals surface area contributed by atoms with E-state index >= 15 is 0 Å². The summed E-state index contributed by atoms with van der Waals surface area (Å²) in [5, 5.41) is 0. The Morgan fingerprint density at radius 2 is 1.95 bits per heavy atom. The van der Waals surface area contributed by atoms with Crippen LogP contribution in [0.15, 0.2) is 35.1 Å². The van der Waals surface area contributed by atoms with Gasteiger partial charge in [-0.1, -0.05) is 48.6 Å². The molecule has 1 aliphatic rings. The lowest BCUT2D eigenvalue weighted by Gasteiger charge is -2.29. The molecule has 3 rings (SSSR count). The van der Waals surface area contributed by atoms with Crippen LogP contribution in [0.5, 0.6) is 0 Å². The Morgan fingerprint density at radius 3 is 2.65 bits per heavy atom. The minimum atomic E-state index is 0.0456. The van der Waals surface area contributed by atoms with Crippen LogP contribution in [0.1, 0.15) is 24.6 Å². The zero-order chi connectivity index (χ0) is 13.9. The fourth-order valence-corrected chi connectivity index (χ4v) is 3.63. The van der Waals surface area contributed by atoms with E-state index in [1.54, 1.807) is 0 Å². The highest BCUT2D eigenvalue weighted by Crippen LogP contribution is 2.26. The van der Waals surface area contributed by atoms with Gasteiger partial charge in [0.25, 0.3) is 0 Å². The van der Waals surface area contributed by atoms with Crippen molar-refractivity contribution in [3.8, 4) is 11.3 Å². The summed E-state index contributed by atoms with van der Waals surface area (Å²) in [7, 11) is 0. The third-order valence-electron chi connectivity index (χ3n) is 4.03. The summed E-state index contributed by atoms with van der Waals surface area (Å²) < 4.78 is 0. The number of H-pyrrole nitrogens is 1. The van der Waals surface area contributed by atoms with Gasteiger partial charge in [0.1, 0.15) is 0 Å². The zero-order valence-electron chi connectivity index (χ0n) is 11.8. The van der Waals surface area contributed by atoms with Gasteiger partial charge >= 0.3 is 4.87 Å². The van der Waals surface area contributed by atoms with E-state index in [1.165, 1.54) is 24.2 Å². The molecule has 4 heteroatoms. The molecule has 20 heavy (non-hydrogen) atoms. The van der Waals surface area contributed by atoms with Crippen LogP contribution < -0.4 is 4.87 Å². The lowest BCUT2D eigenvalue weighted by atomic mass is 9.99. The highest BCUT2D eigenvalue weighted by atomic mass is 32.1. The maximum Gasteiger partial charge on any atom is 0.305 e. The van der Waals surface area contributed by atoms with Gasteiger partial charge in [-0.15, -0.1) is 0 Å². The average molecular weight is 288 g/mol. The number of likely N-dealkylation sites (tertiary alicyclic amines) is 1. The molecule has 0 unspecified atom stereocenters. The number of hydrogen-bond donors (Lipinski definition) is 1. The molecule has 0 aliphatic carbocycles. The lowest BCUT2D eigenvalue weighted by Crippen LogP contribution is -2.32. The maximum absolute atomic E-state index is 11.7. The van der Waals surface area contributed by atoms with Crippen molar-refractivity contribution in [3.63, 3.8) is 0 Å². The zero-order valence-corrected chi connectivity index (χ0v) is 12.6. The number of aromatic amines is 1. The normalized spacial score (nSPS) is 17.4. The van der Waals surface area contributed by atoms with Gasteiger partial charge in [-0.3, -0.25) is 9.69 Å². The van der Waals surface area contributed by atoms with E-state index in [9.17, 15) is 4.79 Å². The molecule has 1 aromatic carbocycles. The van der Waals surface area contributed by atoms with E-state index in [0.717, 1.165) is 41.7 Å². The monoisotopic (exact) mass is 288 g/mol. The molecule has 0 saturated carbocycles. The molecular weight excluding hydrogens is 268 g/mol. The average Bonchev–Trinajstić information content (AvgIpc) is 2.83. The second-order valence-corrected chi connectivity index (χ2v) is 6.71. The SMILES string of the molecule is CC1CCN(Cc2sc(=O)[nH]c2-c2ccccc2)CC1. The number of piperidine rings is 1. The number of hydrogen-bond acceptors (Lipinski definition) is 3. The molecule has 3 nitrogen and oxygen atoms in total. The van der Waals surface area contributed by atoms with Crippen LogP contribution in [0.3, 0.4) is 0 Å². The topological polar surface area (TPSA) is 36.1 Å². The van der Waals surface area contributed by atoms with Gasteiger partial charge in [-0.05, 0) is 37.4 Å². The minimum Gasteiger partial charge on any atom is -0.312 e. The molecule has 0 radical (unpaired) electrons. The molecule has 1 aromatic heterocycles. The Labute approximate surface area is 123 Å². The van der Waals surface area contributed by atoms with Crippen molar-refractivity contribution < 1.29 is 0 Å². The quantitative estimate of drug-likeness (QED) is 0.940. The highest BCUT2D eigenvalue weighted by molar-refractivity contribution is 7.09. The molecule has 1 saturated heterocycles. The summed E-state index contributed by atoms with van der Waals surface area (Å²) in [5.74, 6) is 0.838. The molecule has 1 N–H and O–H groups in total. The number of nitrogens with zero attached hydrogens (tertiary/aromatic N) is 1. The first-order valence-corrected chi connectivity index (χ1v) is 8.04. The first-order valence-electron chi connectivity index (χ1n) is 7.22. The van der Waals surface area contributed by atoms with E-state index in [4.69, 9.17) is 0 Å². The Morgan fingerprint density at radius 1 is 1.25 bits per heavy atom. The first kappa shape index (κ1) is 13.6. The van der Waals surface area contributed by atoms with Crippen LogP contribution in [0.4, 0.5) is 0 Å². The molecular formula is C16H20N2OS. The van der Waals surface area contributed by atoms with Gasteiger partial charge in [-0.2, -0.15) is 0 Å². The van der Waals surface area contributed by atoms with Gasteiger partial charge in [0.2, 0.25) is 0 Å². The molecule has 0 amide bonds. The predicted molar refractivity (Wildman–Crippen MR) is 84.1 cm³/mol. The van der Waals surface area contributed by atoms with Crippen molar-refractivity contribution in [2.24, 2.45) is 5.92 Å². The van der Waals surface area contributed by atoms with E-state index in [-0.39, 0.29) is 4.87 Å². The molecule has 0 spiro atoms. The molecule has 0 atom stereocenters. The Bertz CT molecular complexity index is 609. The van der Waals surface area contributed by atoms with Crippen molar-refractivity contribution in [2.75, 3.05) is 13.1 Å². The largest absolute Gasteiger partial charge is 0.312 e. The van der Waals surface area contributed by atoms with Crippen molar-refractivity contribution >= 4 is 11.3 Å². The number of aromatic nitrogens is 1. The predicted octanol–water partition coefficient (Wildman–Crippen LogP) is 3.34. The second kappa shape index (κ2) is 5.94. The third-order valence-corrected chi connectivity index (χ3v) is 4.89. The number of thiazole rings is 1. The molecule has 0 bridgehead atoms. The van der Waals surface area contributed by atoms with Crippen LogP contribution in [0, 0.1) is 5.92 Å². The number of rotatable bonds is 3. The smallest absolute Gasteiger partial charge is 0.305 e. The Hall–Kier alpha value is -1.39. The maximum atomic E-state index is 11.7.